The van der Waals surface area contributed by atoms with Gasteiger partial charge in [0.2, 0.25) is 5.89 Å². The van der Waals surface area contributed by atoms with Crippen LogP contribution in [0.3, 0.4) is 0 Å². The molecule has 0 aliphatic carbocycles. The minimum absolute atomic E-state index is 0.639. The molecule has 4 aromatic rings. The summed E-state index contributed by atoms with van der Waals surface area (Å²) in [6, 6.07) is 18.3. The second kappa shape index (κ2) is 6.52. The Labute approximate surface area is 141 Å². The van der Waals surface area contributed by atoms with Crippen LogP contribution in [-0.2, 0) is 12.2 Å². The monoisotopic (exact) mass is 339 g/mol. The molecule has 0 radical (unpaired) electrons. The van der Waals surface area contributed by atoms with E-state index in [1.165, 1.54) is 10.3 Å². The van der Waals surface area contributed by atoms with Crippen LogP contribution in [0.1, 0.15) is 17.3 Å². The van der Waals surface area contributed by atoms with Gasteiger partial charge in [-0.2, -0.15) is 4.98 Å². The highest BCUT2D eigenvalue weighted by molar-refractivity contribution is 8.00. The molecule has 0 saturated heterocycles. The standard InChI is InChI=1S/C17H13N3OS2/c1-2-6-12(7-3-1)10-15-19-16(21-20-15)11-22-17-18-13-8-4-5-9-14(13)23-17/h1-9H,10-11H2. The van der Waals surface area contributed by atoms with Gasteiger partial charge in [-0.1, -0.05) is 59.4 Å². The molecule has 4 rings (SSSR count). The number of fused-ring (bicyclic) bond motifs is 1. The molecule has 23 heavy (non-hydrogen) atoms. The van der Waals surface area contributed by atoms with E-state index >= 15 is 0 Å². The van der Waals surface area contributed by atoms with E-state index in [4.69, 9.17) is 4.52 Å². The van der Waals surface area contributed by atoms with E-state index in [9.17, 15) is 0 Å². The van der Waals surface area contributed by atoms with Gasteiger partial charge in [-0.05, 0) is 17.7 Å². The van der Waals surface area contributed by atoms with Gasteiger partial charge in [0.1, 0.15) is 0 Å². The third-order valence-electron chi connectivity index (χ3n) is 3.31. The van der Waals surface area contributed by atoms with Gasteiger partial charge in [-0.15, -0.1) is 11.3 Å². The summed E-state index contributed by atoms with van der Waals surface area (Å²) in [4.78, 5) is 9.05. The highest BCUT2D eigenvalue weighted by Gasteiger charge is 2.10. The predicted molar refractivity (Wildman–Crippen MR) is 92.7 cm³/mol. The lowest BCUT2D eigenvalue weighted by atomic mass is 10.1. The Bertz CT molecular complexity index is 885. The molecule has 0 atom stereocenters. The third kappa shape index (κ3) is 3.43. The van der Waals surface area contributed by atoms with Crippen molar-refractivity contribution >= 4 is 33.3 Å². The summed E-state index contributed by atoms with van der Waals surface area (Å²) in [5.41, 5.74) is 2.22. The lowest BCUT2D eigenvalue weighted by Crippen LogP contribution is -1.90. The van der Waals surface area contributed by atoms with Crippen LogP contribution in [0, 0.1) is 0 Å². The third-order valence-corrected chi connectivity index (χ3v) is 5.47. The van der Waals surface area contributed by atoms with Crippen LogP contribution in [0.25, 0.3) is 10.2 Å². The Morgan fingerprint density at radius 3 is 2.65 bits per heavy atom. The normalized spacial score (nSPS) is 11.1. The maximum absolute atomic E-state index is 5.33. The van der Waals surface area contributed by atoms with E-state index in [0.717, 1.165) is 15.7 Å². The summed E-state index contributed by atoms with van der Waals surface area (Å²) in [7, 11) is 0. The van der Waals surface area contributed by atoms with Crippen molar-refractivity contribution in [1.82, 2.24) is 15.1 Å². The molecular weight excluding hydrogens is 326 g/mol. The first-order chi connectivity index (χ1) is 11.4. The maximum atomic E-state index is 5.33. The van der Waals surface area contributed by atoms with Crippen LogP contribution in [0.4, 0.5) is 0 Å². The number of rotatable bonds is 5. The van der Waals surface area contributed by atoms with Gasteiger partial charge in [0.15, 0.2) is 10.2 Å². The molecule has 0 saturated carbocycles. The van der Waals surface area contributed by atoms with Crippen LogP contribution in [0.5, 0.6) is 0 Å². The second-order valence-electron chi connectivity index (χ2n) is 5.00. The van der Waals surface area contributed by atoms with E-state index in [1.807, 2.05) is 36.4 Å². The van der Waals surface area contributed by atoms with Crippen LogP contribution in [0.2, 0.25) is 0 Å². The average Bonchev–Trinajstić information content (AvgIpc) is 3.20. The van der Waals surface area contributed by atoms with Gasteiger partial charge in [0.05, 0.1) is 16.0 Å². The molecule has 114 valence electrons. The molecule has 0 N–H and O–H groups in total. The first-order valence-corrected chi connectivity index (χ1v) is 9.01. The zero-order valence-corrected chi connectivity index (χ0v) is 13.8. The van der Waals surface area contributed by atoms with E-state index in [-0.39, 0.29) is 0 Å². The molecule has 0 amide bonds. The number of hydrogen-bond donors (Lipinski definition) is 0. The zero-order valence-electron chi connectivity index (χ0n) is 12.2. The highest BCUT2D eigenvalue weighted by atomic mass is 32.2. The number of aromatic nitrogens is 3. The molecule has 0 aliphatic rings. The average molecular weight is 339 g/mol. The zero-order chi connectivity index (χ0) is 15.5. The quantitative estimate of drug-likeness (QED) is 0.499. The van der Waals surface area contributed by atoms with Crippen LogP contribution < -0.4 is 0 Å². The van der Waals surface area contributed by atoms with E-state index in [1.54, 1.807) is 23.1 Å². The summed E-state index contributed by atoms with van der Waals surface area (Å²) in [6.45, 7) is 0. The van der Waals surface area contributed by atoms with Crippen molar-refractivity contribution in [2.75, 3.05) is 0 Å². The van der Waals surface area contributed by atoms with Crippen LogP contribution in [0.15, 0.2) is 63.5 Å². The van der Waals surface area contributed by atoms with E-state index in [0.29, 0.717) is 18.1 Å². The number of nitrogens with zero attached hydrogens (tertiary/aromatic N) is 3. The Balaban J connectivity index is 1.41. The summed E-state index contributed by atoms with van der Waals surface area (Å²) in [5.74, 6) is 2.00. The number of benzene rings is 2. The van der Waals surface area contributed by atoms with Crippen molar-refractivity contribution < 1.29 is 4.52 Å². The minimum Gasteiger partial charge on any atom is -0.338 e. The minimum atomic E-state index is 0.639. The first-order valence-electron chi connectivity index (χ1n) is 7.20. The summed E-state index contributed by atoms with van der Waals surface area (Å²) < 4.78 is 7.55. The molecule has 2 aromatic carbocycles. The summed E-state index contributed by atoms with van der Waals surface area (Å²) in [5, 5.41) is 4.05. The lowest BCUT2D eigenvalue weighted by Gasteiger charge is -1.94. The van der Waals surface area contributed by atoms with Crippen LogP contribution in [-0.4, -0.2) is 15.1 Å². The SMILES string of the molecule is c1ccc(Cc2noc(CSc3nc4ccccc4s3)n2)cc1. The molecule has 4 nitrogen and oxygen atoms in total. The number of thioether (sulfide) groups is 1. The molecule has 2 aromatic heterocycles. The molecule has 0 aliphatic heterocycles. The van der Waals surface area contributed by atoms with Crippen molar-refractivity contribution in [1.29, 1.82) is 0 Å². The molecular formula is C17H13N3OS2. The van der Waals surface area contributed by atoms with Gasteiger partial charge in [-0.3, -0.25) is 0 Å². The van der Waals surface area contributed by atoms with Gasteiger partial charge < -0.3 is 4.52 Å². The van der Waals surface area contributed by atoms with Gasteiger partial charge >= 0.3 is 0 Å². The first kappa shape index (κ1) is 14.4. The molecule has 0 bridgehead atoms. The molecule has 2 heterocycles. The smallest absolute Gasteiger partial charge is 0.237 e. The Hall–Kier alpha value is -2.18. The van der Waals surface area contributed by atoms with Crippen molar-refractivity contribution in [2.24, 2.45) is 0 Å². The predicted octanol–water partition coefficient (Wildman–Crippen LogP) is 4.56. The summed E-state index contributed by atoms with van der Waals surface area (Å²) >= 11 is 3.32. The van der Waals surface area contributed by atoms with Crippen molar-refractivity contribution in [3.63, 3.8) is 0 Å². The van der Waals surface area contributed by atoms with Crippen LogP contribution >= 0.6 is 23.1 Å². The molecule has 6 heteroatoms. The fourth-order valence-corrected chi connectivity index (χ4v) is 4.14. The van der Waals surface area contributed by atoms with Crippen molar-refractivity contribution in [3.8, 4) is 0 Å². The number of thiazole rings is 1. The Morgan fingerprint density at radius 1 is 0.957 bits per heavy atom. The van der Waals surface area contributed by atoms with Gasteiger partial charge in [0, 0.05) is 6.42 Å². The van der Waals surface area contributed by atoms with Gasteiger partial charge in [-0.25, -0.2) is 4.98 Å². The highest BCUT2D eigenvalue weighted by Crippen LogP contribution is 2.31. The van der Waals surface area contributed by atoms with E-state index < -0.39 is 0 Å². The van der Waals surface area contributed by atoms with Crippen molar-refractivity contribution in [2.45, 2.75) is 16.5 Å². The molecule has 0 spiro atoms. The fourth-order valence-electron chi connectivity index (χ4n) is 2.24. The second-order valence-corrected chi connectivity index (χ2v) is 7.26. The maximum Gasteiger partial charge on any atom is 0.237 e. The lowest BCUT2D eigenvalue weighted by molar-refractivity contribution is 0.386. The van der Waals surface area contributed by atoms with Crippen molar-refractivity contribution in [3.05, 3.63) is 71.9 Å². The van der Waals surface area contributed by atoms with Gasteiger partial charge in [0.25, 0.3) is 0 Å². The Kier molecular flexibility index (Phi) is 4.08. The molecule has 0 unspecified atom stereocenters. The fraction of sp³-hybridized carbons (Fsp3) is 0.118. The number of para-hydroxylation sites is 1. The summed E-state index contributed by atoms with van der Waals surface area (Å²) in [6.07, 6.45) is 0.691. The topological polar surface area (TPSA) is 51.8 Å². The largest absolute Gasteiger partial charge is 0.338 e. The Morgan fingerprint density at radius 2 is 1.78 bits per heavy atom. The van der Waals surface area contributed by atoms with E-state index in [2.05, 4.69) is 33.3 Å². The molecule has 0 fully saturated rings. The number of hydrogen-bond acceptors (Lipinski definition) is 6.